The Morgan fingerprint density at radius 3 is 2.71 bits per heavy atom. The van der Waals surface area contributed by atoms with Crippen LogP contribution in [0.1, 0.15) is 29.2 Å². The number of carbonyl (C=O) groups excluding carboxylic acids is 1. The predicted molar refractivity (Wildman–Crippen MR) is 88.8 cm³/mol. The SMILES string of the molecule is Cc1nc(NC2CC2)cc(C(=O)Nc2ccc3c(c2)OCCO3)n1. The summed E-state index contributed by atoms with van der Waals surface area (Å²) >= 11 is 0. The molecule has 1 fully saturated rings. The topological polar surface area (TPSA) is 85.4 Å². The third kappa shape index (κ3) is 3.24. The molecule has 4 rings (SSSR count). The van der Waals surface area contributed by atoms with E-state index < -0.39 is 0 Å². The van der Waals surface area contributed by atoms with E-state index in [2.05, 4.69) is 20.6 Å². The van der Waals surface area contributed by atoms with Crippen molar-refractivity contribution in [3.63, 3.8) is 0 Å². The maximum absolute atomic E-state index is 12.5. The summed E-state index contributed by atoms with van der Waals surface area (Å²) in [5, 5.41) is 6.13. The van der Waals surface area contributed by atoms with Crippen molar-refractivity contribution in [1.29, 1.82) is 0 Å². The van der Waals surface area contributed by atoms with Crippen LogP contribution < -0.4 is 20.1 Å². The molecule has 2 heterocycles. The van der Waals surface area contributed by atoms with Crippen molar-refractivity contribution in [3.8, 4) is 11.5 Å². The van der Waals surface area contributed by atoms with E-state index in [1.165, 1.54) is 0 Å². The van der Waals surface area contributed by atoms with Gasteiger partial charge in [0.15, 0.2) is 11.5 Å². The van der Waals surface area contributed by atoms with E-state index in [9.17, 15) is 4.79 Å². The highest BCUT2D eigenvalue weighted by molar-refractivity contribution is 6.03. The lowest BCUT2D eigenvalue weighted by atomic mass is 10.2. The van der Waals surface area contributed by atoms with Crippen LogP contribution in [0.3, 0.4) is 0 Å². The minimum Gasteiger partial charge on any atom is -0.486 e. The van der Waals surface area contributed by atoms with Crippen LogP contribution in [0.15, 0.2) is 24.3 Å². The molecule has 2 N–H and O–H groups in total. The number of aromatic nitrogens is 2. The van der Waals surface area contributed by atoms with Crippen molar-refractivity contribution in [2.45, 2.75) is 25.8 Å². The molecule has 0 unspecified atom stereocenters. The highest BCUT2D eigenvalue weighted by Gasteiger charge is 2.22. The standard InChI is InChI=1S/C17H18N4O3/c1-10-18-13(9-16(19-10)20-11-2-3-11)17(22)21-12-4-5-14-15(8-12)24-7-6-23-14/h4-5,8-9,11H,2-3,6-7H2,1H3,(H,21,22)(H,18,19,20). The number of aryl methyl sites for hydroxylation is 1. The van der Waals surface area contributed by atoms with Crippen LogP contribution in [0.5, 0.6) is 11.5 Å². The van der Waals surface area contributed by atoms with Gasteiger partial charge in [0.2, 0.25) is 0 Å². The van der Waals surface area contributed by atoms with Crippen LogP contribution in [0, 0.1) is 6.92 Å². The summed E-state index contributed by atoms with van der Waals surface area (Å²) in [6.07, 6.45) is 2.28. The first kappa shape index (κ1) is 14.7. The highest BCUT2D eigenvalue weighted by atomic mass is 16.6. The molecular weight excluding hydrogens is 308 g/mol. The molecule has 1 aromatic carbocycles. The number of carbonyl (C=O) groups is 1. The molecule has 0 saturated heterocycles. The van der Waals surface area contributed by atoms with Gasteiger partial charge in [0.1, 0.15) is 30.5 Å². The van der Waals surface area contributed by atoms with E-state index in [0.29, 0.717) is 53.8 Å². The van der Waals surface area contributed by atoms with Crippen molar-refractivity contribution in [2.75, 3.05) is 23.8 Å². The Kier molecular flexibility index (Phi) is 3.68. The monoisotopic (exact) mass is 326 g/mol. The molecule has 0 bridgehead atoms. The Hall–Kier alpha value is -2.83. The molecule has 24 heavy (non-hydrogen) atoms. The van der Waals surface area contributed by atoms with Crippen molar-refractivity contribution in [2.24, 2.45) is 0 Å². The van der Waals surface area contributed by atoms with Gasteiger partial charge in [0, 0.05) is 23.9 Å². The number of hydrogen-bond acceptors (Lipinski definition) is 6. The van der Waals surface area contributed by atoms with Gasteiger partial charge >= 0.3 is 0 Å². The maximum Gasteiger partial charge on any atom is 0.274 e. The van der Waals surface area contributed by atoms with Crippen LogP contribution in [0.2, 0.25) is 0 Å². The summed E-state index contributed by atoms with van der Waals surface area (Å²) < 4.78 is 11.0. The van der Waals surface area contributed by atoms with E-state index >= 15 is 0 Å². The average Bonchev–Trinajstić information content (AvgIpc) is 3.38. The van der Waals surface area contributed by atoms with Gasteiger partial charge < -0.3 is 20.1 Å². The number of hydrogen-bond donors (Lipinski definition) is 2. The molecular formula is C17H18N4O3. The second-order valence-electron chi connectivity index (χ2n) is 5.92. The van der Waals surface area contributed by atoms with Crippen LogP contribution in [-0.4, -0.2) is 35.1 Å². The molecule has 1 aliphatic heterocycles. The zero-order valence-electron chi connectivity index (χ0n) is 13.3. The van der Waals surface area contributed by atoms with E-state index in [1.807, 2.05) is 0 Å². The van der Waals surface area contributed by atoms with Crippen LogP contribution in [0.25, 0.3) is 0 Å². The largest absolute Gasteiger partial charge is 0.486 e. The first-order valence-electron chi connectivity index (χ1n) is 8.00. The molecule has 1 aliphatic carbocycles. The number of nitrogens with one attached hydrogen (secondary N) is 2. The molecule has 0 spiro atoms. The fourth-order valence-electron chi connectivity index (χ4n) is 2.51. The zero-order valence-corrected chi connectivity index (χ0v) is 13.3. The van der Waals surface area contributed by atoms with Crippen molar-refractivity contribution >= 4 is 17.4 Å². The maximum atomic E-state index is 12.5. The van der Waals surface area contributed by atoms with Gasteiger partial charge in [-0.15, -0.1) is 0 Å². The Balaban J connectivity index is 1.52. The van der Waals surface area contributed by atoms with Gasteiger partial charge in [-0.2, -0.15) is 0 Å². The van der Waals surface area contributed by atoms with Crippen molar-refractivity contribution < 1.29 is 14.3 Å². The number of amides is 1. The van der Waals surface area contributed by atoms with Gasteiger partial charge in [0.05, 0.1) is 0 Å². The Morgan fingerprint density at radius 1 is 1.12 bits per heavy atom. The second-order valence-corrected chi connectivity index (χ2v) is 5.92. The van der Waals surface area contributed by atoms with E-state index in [0.717, 1.165) is 12.8 Å². The minimum atomic E-state index is -0.281. The molecule has 1 amide bonds. The quantitative estimate of drug-likeness (QED) is 0.897. The third-order valence-corrected chi connectivity index (χ3v) is 3.80. The molecule has 7 heteroatoms. The predicted octanol–water partition coefficient (Wildman–Crippen LogP) is 2.38. The van der Waals surface area contributed by atoms with E-state index in [-0.39, 0.29) is 5.91 Å². The molecule has 0 radical (unpaired) electrons. The van der Waals surface area contributed by atoms with Gasteiger partial charge in [-0.05, 0) is 31.9 Å². The number of rotatable bonds is 4. The highest BCUT2D eigenvalue weighted by Crippen LogP contribution is 2.32. The summed E-state index contributed by atoms with van der Waals surface area (Å²) in [5.74, 6) is 2.29. The summed E-state index contributed by atoms with van der Waals surface area (Å²) in [5.41, 5.74) is 0.970. The smallest absolute Gasteiger partial charge is 0.274 e. The summed E-state index contributed by atoms with van der Waals surface area (Å²) in [4.78, 5) is 21.0. The summed E-state index contributed by atoms with van der Waals surface area (Å²) in [6, 6.07) is 7.47. The number of fused-ring (bicyclic) bond motifs is 1. The fraction of sp³-hybridized carbons (Fsp3) is 0.353. The lowest BCUT2D eigenvalue weighted by Crippen LogP contribution is -2.18. The first-order chi connectivity index (χ1) is 11.7. The van der Waals surface area contributed by atoms with Gasteiger partial charge in [-0.1, -0.05) is 0 Å². The summed E-state index contributed by atoms with van der Waals surface area (Å²) in [6.45, 7) is 2.82. The Labute approximate surface area is 139 Å². The van der Waals surface area contributed by atoms with Crippen LogP contribution in [0.4, 0.5) is 11.5 Å². The van der Waals surface area contributed by atoms with E-state index in [1.54, 1.807) is 31.2 Å². The van der Waals surface area contributed by atoms with Gasteiger partial charge in [0.25, 0.3) is 5.91 Å². The van der Waals surface area contributed by atoms with Crippen molar-refractivity contribution in [1.82, 2.24) is 9.97 Å². The number of benzene rings is 1. The van der Waals surface area contributed by atoms with Gasteiger partial charge in [-0.3, -0.25) is 4.79 Å². The molecule has 124 valence electrons. The molecule has 1 aromatic heterocycles. The third-order valence-electron chi connectivity index (χ3n) is 3.80. The van der Waals surface area contributed by atoms with Crippen LogP contribution in [-0.2, 0) is 0 Å². The molecule has 7 nitrogen and oxygen atoms in total. The Bertz CT molecular complexity index is 789. The molecule has 1 saturated carbocycles. The van der Waals surface area contributed by atoms with E-state index in [4.69, 9.17) is 9.47 Å². The second kappa shape index (κ2) is 5.99. The lowest BCUT2D eigenvalue weighted by Gasteiger charge is -2.19. The minimum absolute atomic E-state index is 0.281. The van der Waals surface area contributed by atoms with Crippen molar-refractivity contribution in [3.05, 3.63) is 35.8 Å². The number of anilines is 2. The summed E-state index contributed by atoms with van der Waals surface area (Å²) in [7, 11) is 0. The fourth-order valence-corrected chi connectivity index (χ4v) is 2.51. The average molecular weight is 326 g/mol. The normalized spacial score (nSPS) is 15.7. The van der Waals surface area contributed by atoms with Gasteiger partial charge in [-0.25, -0.2) is 9.97 Å². The Morgan fingerprint density at radius 2 is 1.92 bits per heavy atom. The molecule has 0 atom stereocenters. The molecule has 2 aromatic rings. The number of nitrogens with zero attached hydrogens (tertiary/aromatic N) is 2. The van der Waals surface area contributed by atoms with Crippen LogP contribution >= 0.6 is 0 Å². The lowest BCUT2D eigenvalue weighted by molar-refractivity contribution is 0.102. The number of ether oxygens (including phenoxy) is 2. The zero-order chi connectivity index (χ0) is 16.5. The first-order valence-corrected chi connectivity index (χ1v) is 8.00. The molecule has 2 aliphatic rings.